The molecule has 8 heteroatoms. The lowest BCUT2D eigenvalue weighted by Gasteiger charge is -2.34. The van der Waals surface area contributed by atoms with E-state index in [4.69, 9.17) is 21.1 Å². The molecule has 7 nitrogen and oxygen atoms in total. The van der Waals surface area contributed by atoms with E-state index >= 15 is 0 Å². The summed E-state index contributed by atoms with van der Waals surface area (Å²) >= 11 is 5.76. The predicted octanol–water partition coefficient (Wildman–Crippen LogP) is 0.975. The molecule has 1 aromatic rings. The maximum Gasteiger partial charge on any atom is 0.276 e. The molecule has 0 unspecified atom stereocenters. The maximum atomic E-state index is 11.9. The summed E-state index contributed by atoms with van der Waals surface area (Å²) < 4.78 is 10.9. The molecule has 0 radical (unpaired) electrons. The van der Waals surface area contributed by atoms with Crippen molar-refractivity contribution in [2.45, 2.75) is 26.1 Å². The van der Waals surface area contributed by atoms with E-state index in [1.807, 2.05) is 18.7 Å². The molecule has 1 aromatic carbocycles. The van der Waals surface area contributed by atoms with Gasteiger partial charge in [0.1, 0.15) is 5.75 Å². The van der Waals surface area contributed by atoms with Crippen LogP contribution in [0.2, 0.25) is 5.02 Å². The van der Waals surface area contributed by atoms with E-state index in [0.29, 0.717) is 23.9 Å². The average molecular weight is 356 g/mol. The van der Waals surface area contributed by atoms with Crippen LogP contribution in [0.15, 0.2) is 24.3 Å². The molecule has 24 heavy (non-hydrogen) atoms. The smallest absolute Gasteiger partial charge is 0.276 e. The Morgan fingerprint density at radius 2 is 1.75 bits per heavy atom. The highest BCUT2D eigenvalue weighted by molar-refractivity contribution is 6.30. The number of hydrogen-bond donors (Lipinski definition) is 2. The van der Waals surface area contributed by atoms with Gasteiger partial charge in [0.25, 0.3) is 11.8 Å². The molecule has 0 bridgehead atoms. The Bertz CT molecular complexity index is 557. The van der Waals surface area contributed by atoms with Gasteiger partial charge in [0.2, 0.25) is 0 Å². The van der Waals surface area contributed by atoms with Gasteiger partial charge in [-0.1, -0.05) is 11.6 Å². The van der Waals surface area contributed by atoms with E-state index in [9.17, 15) is 9.59 Å². The number of carbonyl (C=O) groups is 2. The third-order valence-electron chi connectivity index (χ3n) is 3.39. The Hall–Kier alpha value is -1.83. The van der Waals surface area contributed by atoms with Crippen molar-refractivity contribution < 1.29 is 19.1 Å². The molecule has 2 N–H and O–H groups in total. The van der Waals surface area contributed by atoms with Crippen molar-refractivity contribution in [1.29, 1.82) is 0 Å². The molecule has 1 aliphatic heterocycles. The van der Waals surface area contributed by atoms with Gasteiger partial charge in [0.15, 0.2) is 6.61 Å². The van der Waals surface area contributed by atoms with Crippen molar-refractivity contribution in [3.05, 3.63) is 29.3 Å². The summed E-state index contributed by atoms with van der Waals surface area (Å²) in [4.78, 5) is 25.5. The fraction of sp³-hybridized carbons (Fsp3) is 0.500. The first-order valence-electron chi connectivity index (χ1n) is 7.76. The second kappa shape index (κ2) is 8.86. The number of rotatable bonds is 5. The highest BCUT2D eigenvalue weighted by atomic mass is 35.5. The van der Waals surface area contributed by atoms with Gasteiger partial charge in [-0.25, -0.2) is 0 Å². The van der Waals surface area contributed by atoms with Crippen LogP contribution in [0, 0.1) is 0 Å². The summed E-state index contributed by atoms with van der Waals surface area (Å²) in [6.07, 6.45) is 0.174. The number of morpholine rings is 1. The van der Waals surface area contributed by atoms with E-state index in [2.05, 4.69) is 10.9 Å². The van der Waals surface area contributed by atoms with Crippen LogP contribution in [0.3, 0.4) is 0 Å². The number of ether oxygens (including phenoxy) is 2. The van der Waals surface area contributed by atoms with Crippen LogP contribution in [-0.4, -0.2) is 55.2 Å². The molecule has 2 atom stereocenters. The zero-order valence-electron chi connectivity index (χ0n) is 13.8. The Labute approximate surface area is 146 Å². The fourth-order valence-electron chi connectivity index (χ4n) is 2.51. The average Bonchev–Trinajstić information content (AvgIpc) is 2.51. The molecule has 1 heterocycles. The highest BCUT2D eigenvalue weighted by Gasteiger charge is 2.23. The minimum Gasteiger partial charge on any atom is -0.484 e. The third-order valence-corrected chi connectivity index (χ3v) is 3.64. The summed E-state index contributed by atoms with van der Waals surface area (Å²) in [6, 6.07) is 6.66. The molecule has 1 fully saturated rings. The lowest BCUT2D eigenvalue weighted by molar-refractivity contribution is -0.132. The molecule has 1 aliphatic rings. The molecule has 0 aliphatic carbocycles. The first kappa shape index (κ1) is 18.5. The third kappa shape index (κ3) is 6.35. The first-order valence-corrected chi connectivity index (χ1v) is 8.14. The van der Waals surface area contributed by atoms with E-state index in [1.165, 1.54) is 0 Å². The molecular formula is C16H22ClN3O4. The van der Waals surface area contributed by atoms with Crippen LogP contribution in [0.1, 0.15) is 13.8 Å². The summed E-state index contributed by atoms with van der Waals surface area (Å²) in [5.41, 5.74) is 4.71. The zero-order valence-corrected chi connectivity index (χ0v) is 14.5. The van der Waals surface area contributed by atoms with Crippen LogP contribution in [0.4, 0.5) is 0 Å². The summed E-state index contributed by atoms with van der Waals surface area (Å²) in [5, 5.41) is 0.589. The molecule has 0 aromatic heterocycles. The molecule has 0 saturated carbocycles. The van der Waals surface area contributed by atoms with Crippen molar-refractivity contribution >= 4 is 23.4 Å². The lowest BCUT2D eigenvalue weighted by Crippen LogP contribution is -2.52. The molecule has 0 spiro atoms. The monoisotopic (exact) mass is 355 g/mol. The van der Waals surface area contributed by atoms with Crippen molar-refractivity contribution in [2.24, 2.45) is 0 Å². The standard InChI is InChI=1S/C16H22ClN3O4/c1-11-7-20(8-12(2)24-11)9-15(21)18-19-16(22)10-23-14-5-3-13(17)4-6-14/h3-6,11-12H,7-10H2,1-2H3,(H,18,21)(H,19,22)/t11-,12-/m1/s1. The van der Waals surface area contributed by atoms with Gasteiger partial charge >= 0.3 is 0 Å². The number of halogens is 1. The highest BCUT2D eigenvalue weighted by Crippen LogP contribution is 2.15. The predicted molar refractivity (Wildman–Crippen MR) is 89.7 cm³/mol. The second-order valence-corrected chi connectivity index (χ2v) is 6.23. The van der Waals surface area contributed by atoms with E-state index < -0.39 is 5.91 Å². The Balaban J connectivity index is 1.65. The molecule has 2 rings (SSSR count). The van der Waals surface area contributed by atoms with Gasteiger partial charge in [-0.15, -0.1) is 0 Å². The van der Waals surface area contributed by atoms with Crippen molar-refractivity contribution in [3.8, 4) is 5.75 Å². The van der Waals surface area contributed by atoms with Crippen molar-refractivity contribution in [3.63, 3.8) is 0 Å². The normalized spacial score (nSPS) is 21.1. The van der Waals surface area contributed by atoms with Crippen LogP contribution in [-0.2, 0) is 14.3 Å². The Morgan fingerprint density at radius 3 is 2.38 bits per heavy atom. The van der Waals surface area contributed by atoms with Crippen molar-refractivity contribution in [1.82, 2.24) is 15.8 Å². The van der Waals surface area contributed by atoms with E-state index in [1.54, 1.807) is 24.3 Å². The van der Waals surface area contributed by atoms with Gasteiger partial charge < -0.3 is 9.47 Å². The number of hydrazine groups is 1. The largest absolute Gasteiger partial charge is 0.484 e. The minimum absolute atomic E-state index is 0.0870. The first-order chi connectivity index (χ1) is 11.4. The minimum atomic E-state index is -0.443. The van der Waals surface area contributed by atoms with Gasteiger partial charge in [0.05, 0.1) is 18.8 Å². The topological polar surface area (TPSA) is 79.9 Å². The van der Waals surface area contributed by atoms with E-state index in [0.717, 1.165) is 0 Å². The maximum absolute atomic E-state index is 11.9. The molecule has 1 saturated heterocycles. The Kier molecular flexibility index (Phi) is 6.84. The SMILES string of the molecule is C[C@@H]1CN(CC(=O)NNC(=O)COc2ccc(Cl)cc2)C[C@@H](C)O1. The summed E-state index contributed by atoms with van der Waals surface area (Å²) in [6.45, 7) is 5.31. The second-order valence-electron chi connectivity index (χ2n) is 5.79. The molecular weight excluding hydrogens is 334 g/mol. The quantitative estimate of drug-likeness (QED) is 0.769. The van der Waals surface area contributed by atoms with Gasteiger partial charge in [-0.05, 0) is 38.1 Å². The van der Waals surface area contributed by atoms with Crippen LogP contribution < -0.4 is 15.6 Å². The van der Waals surface area contributed by atoms with Crippen LogP contribution in [0.25, 0.3) is 0 Å². The zero-order chi connectivity index (χ0) is 17.5. The number of carbonyl (C=O) groups excluding carboxylic acids is 2. The molecule has 2 amide bonds. The summed E-state index contributed by atoms with van der Waals surface area (Å²) in [5.74, 6) is -0.199. The number of nitrogens with zero attached hydrogens (tertiary/aromatic N) is 1. The fourth-order valence-corrected chi connectivity index (χ4v) is 2.64. The van der Waals surface area contributed by atoms with Crippen molar-refractivity contribution in [2.75, 3.05) is 26.2 Å². The van der Waals surface area contributed by atoms with E-state index in [-0.39, 0.29) is 31.3 Å². The molecule has 132 valence electrons. The number of benzene rings is 1. The number of nitrogens with one attached hydrogen (secondary N) is 2. The van der Waals surface area contributed by atoms with Crippen LogP contribution >= 0.6 is 11.6 Å². The van der Waals surface area contributed by atoms with Crippen LogP contribution in [0.5, 0.6) is 5.75 Å². The van der Waals surface area contributed by atoms with Gasteiger partial charge in [0, 0.05) is 18.1 Å². The number of hydrogen-bond acceptors (Lipinski definition) is 5. The number of amides is 2. The van der Waals surface area contributed by atoms with Gasteiger partial charge in [-0.3, -0.25) is 25.3 Å². The lowest BCUT2D eigenvalue weighted by atomic mass is 10.2. The Morgan fingerprint density at radius 1 is 1.17 bits per heavy atom. The van der Waals surface area contributed by atoms with Gasteiger partial charge in [-0.2, -0.15) is 0 Å². The summed E-state index contributed by atoms with van der Waals surface area (Å²) in [7, 11) is 0.